The predicted molar refractivity (Wildman–Crippen MR) is 71.4 cm³/mol. The minimum absolute atomic E-state index is 0.157. The Kier molecular flexibility index (Phi) is 2.64. The maximum atomic E-state index is 13.7. The van der Waals surface area contributed by atoms with Crippen molar-refractivity contribution in [3.05, 3.63) is 57.3 Å². The molecule has 1 N–H and O–H groups in total. The summed E-state index contributed by atoms with van der Waals surface area (Å²) in [5, 5.41) is 7.35. The number of nitrogens with one attached hydrogen (secondary N) is 1. The van der Waals surface area contributed by atoms with Crippen molar-refractivity contribution in [2.24, 2.45) is 0 Å². The normalized spacial score (nSPS) is 11.1. The van der Waals surface area contributed by atoms with Crippen LogP contribution in [0.25, 0.3) is 16.6 Å². The first kappa shape index (κ1) is 11.9. The summed E-state index contributed by atoms with van der Waals surface area (Å²) in [5.74, 6) is -0.0217. The Morgan fingerprint density at radius 1 is 1.37 bits per heavy atom. The van der Waals surface area contributed by atoms with E-state index in [0.29, 0.717) is 5.82 Å². The van der Waals surface area contributed by atoms with Crippen molar-refractivity contribution < 1.29 is 4.39 Å². The number of nitrogens with zero attached hydrogens (tertiary/aromatic N) is 2. The quantitative estimate of drug-likeness (QED) is 0.743. The van der Waals surface area contributed by atoms with Crippen molar-refractivity contribution in [2.45, 2.75) is 6.92 Å². The van der Waals surface area contributed by atoms with E-state index in [-0.39, 0.29) is 15.8 Å². The SMILES string of the molecule is Cc1cc(-n2ccc3c(F)ccc(Cl)c3c2=O)n[nH]1. The fraction of sp³-hybridized carbons (Fsp3) is 0.0769. The van der Waals surface area contributed by atoms with Gasteiger partial charge in [0.1, 0.15) is 5.82 Å². The second-order valence-corrected chi connectivity index (χ2v) is 4.63. The van der Waals surface area contributed by atoms with Crippen LogP contribution in [0.5, 0.6) is 0 Å². The van der Waals surface area contributed by atoms with Gasteiger partial charge in [-0.3, -0.25) is 14.5 Å². The molecule has 6 heteroatoms. The maximum Gasteiger partial charge on any atom is 0.265 e. The van der Waals surface area contributed by atoms with E-state index in [4.69, 9.17) is 11.6 Å². The number of aromatic nitrogens is 3. The van der Waals surface area contributed by atoms with Gasteiger partial charge in [0.15, 0.2) is 5.82 Å². The van der Waals surface area contributed by atoms with Crippen molar-refractivity contribution in [3.8, 4) is 5.82 Å². The average Bonchev–Trinajstić information content (AvgIpc) is 2.80. The van der Waals surface area contributed by atoms with E-state index in [0.717, 1.165) is 5.69 Å². The van der Waals surface area contributed by atoms with E-state index in [1.165, 1.54) is 29.0 Å². The van der Waals surface area contributed by atoms with E-state index in [2.05, 4.69) is 10.2 Å². The second kappa shape index (κ2) is 4.20. The average molecular weight is 278 g/mol. The van der Waals surface area contributed by atoms with E-state index in [9.17, 15) is 9.18 Å². The van der Waals surface area contributed by atoms with Crippen LogP contribution in [0.1, 0.15) is 5.69 Å². The Balaban J connectivity index is 2.39. The zero-order valence-corrected chi connectivity index (χ0v) is 10.7. The third-order valence-electron chi connectivity index (χ3n) is 2.90. The molecule has 0 bridgehead atoms. The molecule has 0 spiro atoms. The molecule has 19 heavy (non-hydrogen) atoms. The Morgan fingerprint density at radius 3 is 2.84 bits per heavy atom. The standard InChI is InChI=1S/C13H9ClFN3O/c1-7-6-11(17-16-7)18-5-4-8-10(15)3-2-9(14)12(8)13(18)19/h2-6H,1H3,(H,16,17). The monoisotopic (exact) mass is 277 g/mol. The summed E-state index contributed by atoms with van der Waals surface area (Å²) in [5.41, 5.74) is 0.431. The van der Waals surface area contributed by atoms with E-state index in [1.807, 2.05) is 6.92 Å². The molecule has 0 unspecified atom stereocenters. The summed E-state index contributed by atoms with van der Waals surface area (Å²) in [6, 6.07) is 5.86. The fourth-order valence-electron chi connectivity index (χ4n) is 1.99. The zero-order valence-electron chi connectivity index (χ0n) is 9.95. The number of fused-ring (bicyclic) bond motifs is 1. The van der Waals surface area contributed by atoms with Crippen molar-refractivity contribution >= 4 is 22.4 Å². The van der Waals surface area contributed by atoms with Crippen molar-refractivity contribution in [2.75, 3.05) is 0 Å². The summed E-state index contributed by atoms with van der Waals surface area (Å²) in [4.78, 5) is 12.4. The highest BCUT2D eigenvalue weighted by Crippen LogP contribution is 2.23. The van der Waals surface area contributed by atoms with Crippen LogP contribution in [0.2, 0.25) is 5.02 Å². The second-order valence-electron chi connectivity index (χ2n) is 4.22. The molecule has 96 valence electrons. The van der Waals surface area contributed by atoms with Gasteiger partial charge >= 0.3 is 0 Å². The van der Waals surface area contributed by atoms with Crippen molar-refractivity contribution in [3.63, 3.8) is 0 Å². The fourth-order valence-corrected chi connectivity index (χ4v) is 2.24. The Morgan fingerprint density at radius 2 is 2.16 bits per heavy atom. The van der Waals surface area contributed by atoms with E-state index >= 15 is 0 Å². The highest BCUT2D eigenvalue weighted by molar-refractivity contribution is 6.35. The van der Waals surface area contributed by atoms with Crippen LogP contribution in [-0.4, -0.2) is 14.8 Å². The number of hydrogen-bond donors (Lipinski definition) is 1. The number of benzene rings is 1. The summed E-state index contributed by atoms with van der Waals surface area (Å²) < 4.78 is 15.0. The number of halogens is 2. The largest absolute Gasteiger partial charge is 0.281 e. The van der Waals surface area contributed by atoms with Gasteiger partial charge in [-0.15, -0.1) is 0 Å². The lowest BCUT2D eigenvalue weighted by Gasteiger charge is -2.05. The lowest BCUT2D eigenvalue weighted by atomic mass is 10.1. The van der Waals surface area contributed by atoms with Gasteiger partial charge in [0.2, 0.25) is 0 Å². The number of rotatable bonds is 1. The van der Waals surface area contributed by atoms with Crippen LogP contribution in [-0.2, 0) is 0 Å². The summed E-state index contributed by atoms with van der Waals surface area (Å²) in [6.45, 7) is 1.83. The van der Waals surface area contributed by atoms with Crippen LogP contribution >= 0.6 is 11.6 Å². The van der Waals surface area contributed by atoms with Crippen molar-refractivity contribution in [1.82, 2.24) is 14.8 Å². The molecule has 2 aromatic heterocycles. The van der Waals surface area contributed by atoms with E-state index < -0.39 is 11.4 Å². The first-order valence-electron chi connectivity index (χ1n) is 5.59. The number of aryl methyl sites for hydroxylation is 1. The predicted octanol–water partition coefficient (Wildman–Crippen LogP) is 2.81. The first-order chi connectivity index (χ1) is 9.08. The summed E-state index contributed by atoms with van der Waals surface area (Å²) >= 11 is 5.99. The molecule has 0 saturated heterocycles. The van der Waals surface area contributed by atoms with Gasteiger partial charge in [0.25, 0.3) is 5.56 Å². The van der Waals surface area contributed by atoms with Crippen LogP contribution in [0.3, 0.4) is 0 Å². The topological polar surface area (TPSA) is 50.7 Å². The van der Waals surface area contributed by atoms with Gasteiger partial charge in [0.05, 0.1) is 10.4 Å². The molecule has 0 aliphatic rings. The molecule has 0 atom stereocenters. The van der Waals surface area contributed by atoms with Gasteiger partial charge in [-0.1, -0.05) is 11.6 Å². The van der Waals surface area contributed by atoms with E-state index in [1.54, 1.807) is 6.07 Å². The minimum Gasteiger partial charge on any atom is -0.281 e. The smallest absolute Gasteiger partial charge is 0.265 e. The van der Waals surface area contributed by atoms with Gasteiger partial charge in [-0.2, -0.15) is 5.10 Å². The molecule has 0 amide bonds. The maximum absolute atomic E-state index is 13.7. The van der Waals surface area contributed by atoms with Crippen LogP contribution in [0.15, 0.2) is 35.3 Å². The number of pyridine rings is 1. The summed E-state index contributed by atoms with van der Waals surface area (Å²) in [6.07, 6.45) is 1.49. The lowest BCUT2D eigenvalue weighted by molar-refractivity contribution is 0.639. The number of aromatic amines is 1. The van der Waals surface area contributed by atoms with Gasteiger partial charge in [0, 0.05) is 23.3 Å². The molecular weight excluding hydrogens is 269 g/mol. The minimum atomic E-state index is -0.471. The van der Waals surface area contributed by atoms with Gasteiger partial charge in [-0.25, -0.2) is 4.39 Å². The molecule has 3 aromatic rings. The molecule has 3 rings (SSSR count). The number of H-pyrrole nitrogens is 1. The van der Waals surface area contributed by atoms with Crippen LogP contribution in [0, 0.1) is 12.7 Å². The molecule has 4 nitrogen and oxygen atoms in total. The Bertz CT molecular complexity index is 838. The highest BCUT2D eigenvalue weighted by atomic mass is 35.5. The molecular formula is C13H9ClFN3O. The molecule has 2 heterocycles. The highest BCUT2D eigenvalue weighted by Gasteiger charge is 2.12. The van der Waals surface area contributed by atoms with Crippen LogP contribution in [0.4, 0.5) is 4.39 Å². The molecule has 0 fully saturated rings. The summed E-state index contributed by atoms with van der Waals surface area (Å²) in [7, 11) is 0. The molecule has 0 radical (unpaired) electrons. The Hall–Kier alpha value is -2.14. The molecule has 0 saturated carbocycles. The number of hydrogen-bond acceptors (Lipinski definition) is 2. The zero-order chi connectivity index (χ0) is 13.6. The van der Waals surface area contributed by atoms with Crippen molar-refractivity contribution in [1.29, 1.82) is 0 Å². The van der Waals surface area contributed by atoms with Gasteiger partial charge in [-0.05, 0) is 25.1 Å². The Labute approximate surface area is 112 Å². The lowest BCUT2D eigenvalue weighted by Crippen LogP contribution is -2.18. The third-order valence-corrected chi connectivity index (χ3v) is 3.22. The van der Waals surface area contributed by atoms with Crippen LogP contribution < -0.4 is 5.56 Å². The molecule has 0 aliphatic carbocycles. The first-order valence-corrected chi connectivity index (χ1v) is 5.97. The molecule has 1 aromatic carbocycles. The third kappa shape index (κ3) is 1.82. The molecule has 0 aliphatic heterocycles. The van der Waals surface area contributed by atoms with Gasteiger partial charge < -0.3 is 0 Å².